The van der Waals surface area contributed by atoms with Gasteiger partial charge in [0, 0.05) is 5.97 Å². The molecule has 0 aliphatic rings. The number of quaternary nitrogens is 1. The van der Waals surface area contributed by atoms with Crippen LogP contribution in [0.2, 0.25) is 0 Å². The molecular formula is C21H29NO2. The van der Waals surface area contributed by atoms with Crippen molar-refractivity contribution in [1.29, 1.82) is 0 Å². The molecule has 0 spiro atoms. The molecule has 0 aromatic heterocycles. The standard InChI is InChI=1S/C12H11N.C9H18O2/c1-3-7-11(8-4-1)13-12-9-5-2-6-10-12;1-2-3-4-5-6-7-8-9(10)11/h1-10,13H;2-8H2,1H3,(H,10,11). The van der Waals surface area contributed by atoms with E-state index in [1.54, 1.807) is 0 Å². The van der Waals surface area contributed by atoms with Crippen LogP contribution in [0.3, 0.4) is 0 Å². The lowest BCUT2D eigenvalue weighted by Crippen LogP contribution is -2.70. The van der Waals surface area contributed by atoms with Crippen LogP contribution in [0, 0.1) is 0 Å². The van der Waals surface area contributed by atoms with Gasteiger partial charge in [0.25, 0.3) is 0 Å². The topological polar surface area (TPSA) is 56.7 Å². The summed E-state index contributed by atoms with van der Waals surface area (Å²) in [7, 11) is 0. The van der Waals surface area contributed by atoms with E-state index in [0.29, 0.717) is 0 Å². The molecule has 0 bridgehead atoms. The molecule has 3 heteroatoms. The number of unbranched alkanes of at least 4 members (excludes halogenated alkanes) is 5. The first-order valence-electron chi connectivity index (χ1n) is 8.87. The molecule has 0 fully saturated rings. The lowest BCUT2D eigenvalue weighted by Gasteiger charge is -2.00. The van der Waals surface area contributed by atoms with E-state index in [1.807, 2.05) is 12.1 Å². The number of aliphatic carboxylic acids is 1. The molecule has 2 N–H and O–H groups in total. The van der Waals surface area contributed by atoms with E-state index in [1.165, 1.54) is 37.1 Å². The molecule has 2 aromatic carbocycles. The molecule has 0 saturated heterocycles. The minimum Gasteiger partial charge on any atom is -0.550 e. The van der Waals surface area contributed by atoms with Crippen molar-refractivity contribution in [1.82, 2.24) is 0 Å². The van der Waals surface area contributed by atoms with E-state index >= 15 is 0 Å². The van der Waals surface area contributed by atoms with Gasteiger partial charge in [-0.3, -0.25) is 5.32 Å². The first-order valence-corrected chi connectivity index (χ1v) is 8.87. The van der Waals surface area contributed by atoms with E-state index in [2.05, 4.69) is 60.8 Å². The maximum atomic E-state index is 9.98. The SMILES string of the molecule is CCCCCCCCC(=O)[O-].c1ccc([NH2+]c2ccccc2)cc1. The number of hydrogen-bond donors (Lipinski definition) is 1. The van der Waals surface area contributed by atoms with E-state index in [0.717, 1.165) is 12.8 Å². The van der Waals surface area contributed by atoms with Crippen LogP contribution in [-0.4, -0.2) is 5.97 Å². The van der Waals surface area contributed by atoms with E-state index in [-0.39, 0.29) is 6.42 Å². The zero-order valence-corrected chi connectivity index (χ0v) is 14.6. The Morgan fingerprint density at radius 3 is 1.71 bits per heavy atom. The summed E-state index contributed by atoms with van der Waals surface area (Å²) < 4.78 is 0. The van der Waals surface area contributed by atoms with Gasteiger partial charge in [-0.15, -0.1) is 0 Å². The molecule has 3 nitrogen and oxygen atoms in total. The van der Waals surface area contributed by atoms with Crippen molar-refractivity contribution in [3.8, 4) is 0 Å². The molecule has 0 aliphatic heterocycles. The largest absolute Gasteiger partial charge is 0.550 e. The van der Waals surface area contributed by atoms with Crippen LogP contribution >= 0.6 is 0 Å². The van der Waals surface area contributed by atoms with Gasteiger partial charge in [-0.1, -0.05) is 75.4 Å². The Bertz CT molecular complexity index is 503. The second kappa shape index (κ2) is 13.3. The van der Waals surface area contributed by atoms with Crippen LogP contribution in [0.5, 0.6) is 0 Å². The van der Waals surface area contributed by atoms with Crippen molar-refractivity contribution in [2.75, 3.05) is 0 Å². The van der Waals surface area contributed by atoms with Gasteiger partial charge in [-0.05, 0) is 37.1 Å². The molecule has 0 heterocycles. The smallest absolute Gasteiger partial charge is 0.134 e. The second-order valence-electron chi connectivity index (χ2n) is 5.86. The highest BCUT2D eigenvalue weighted by atomic mass is 16.4. The fraction of sp³-hybridized carbons (Fsp3) is 0.381. The van der Waals surface area contributed by atoms with Crippen LogP contribution in [0.1, 0.15) is 51.9 Å². The summed E-state index contributed by atoms with van der Waals surface area (Å²) in [5.74, 6) is -0.916. The molecule has 0 saturated carbocycles. The number of rotatable bonds is 9. The Hall–Kier alpha value is -2.13. The Labute approximate surface area is 145 Å². The van der Waals surface area contributed by atoms with Crippen LogP contribution in [0.15, 0.2) is 60.7 Å². The molecule has 0 radical (unpaired) electrons. The predicted octanol–water partition coefficient (Wildman–Crippen LogP) is 3.70. The van der Waals surface area contributed by atoms with Crippen molar-refractivity contribution in [3.63, 3.8) is 0 Å². The number of carboxylic acid groups (broad SMARTS) is 1. The minimum atomic E-state index is -0.916. The maximum absolute atomic E-state index is 9.98. The third kappa shape index (κ3) is 10.6. The van der Waals surface area contributed by atoms with Gasteiger partial charge >= 0.3 is 0 Å². The quantitative estimate of drug-likeness (QED) is 0.564. The zero-order chi connectivity index (χ0) is 17.5. The second-order valence-corrected chi connectivity index (χ2v) is 5.86. The highest BCUT2D eigenvalue weighted by Crippen LogP contribution is 2.06. The third-order valence-electron chi connectivity index (χ3n) is 3.67. The summed E-state index contributed by atoms with van der Waals surface area (Å²) >= 11 is 0. The summed E-state index contributed by atoms with van der Waals surface area (Å²) in [6.07, 6.45) is 6.96. The summed E-state index contributed by atoms with van der Waals surface area (Å²) in [6, 6.07) is 20.7. The fourth-order valence-electron chi connectivity index (χ4n) is 2.34. The highest BCUT2D eigenvalue weighted by molar-refractivity contribution is 5.64. The number of carboxylic acids is 1. The fourth-order valence-corrected chi connectivity index (χ4v) is 2.34. The maximum Gasteiger partial charge on any atom is 0.134 e. The van der Waals surface area contributed by atoms with Crippen molar-refractivity contribution in [2.45, 2.75) is 51.9 Å². The minimum absolute atomic E-state index is 0.228. The van der Waals surface area contributed by atoms with Crippen LogP contribution in [-0.2, 0) is 4.79 Å². The molecule has 130 valence electrons. The van der Waals surface area contributed by atoms with Gasteiger partial charge in [0.2, 0.25) is 0 Å². The Kier molecular flexibility index (Phi) is 11.1. The van der Waals surface area contributed by atoms with Gasteiger partial charge in [0.15, 0.2) is 0 Å². The Morgan fingerprint density at radius 2 is 1.25 bits per heavy atom. The highest BCUT2D eigenvalue weighted by Gasteiger charge is 1.96. The Balaban J connectivity index is 0.000000245. The van der Waals surface area contributed by atoms with Crippen molar-refractivity contribution in [3.05, 3.63) is 60.7 Å². The summed E-state index contributed by atoms with van der Waals surface area (Å²) in [4.78, 5) is 9.98. The predicted molar refractivity (Wildman–Crippen MR) is 97.1 cm³/mol. The summed E-state index contributed by atoms with van der Waals surface area (Å²) in [6.45, 7) is 2.17. The first kappa shape index (κ1) is 19.9. The zero-order valence-electron chi connectivity index (χ0n) is 14.6. The third-order valence-corrected chi connectivity index (χ3v) is 3.67. The average molecular weight is 327 g/mol. The van der Waals surface area contributed by atoms with Crippen molar-refractivity contribution in [2.24, 2.45) is 0 Å². The average Bonchev–Trinajstić information content (AvgIpc) is 2.60. The lowest BCUT2D eigenvalue weighted by molar-refractivity contribution is -0.478. The van der Waals surface area contributed by atoms with Crippen molar-refractivity contribution < 1.29 is 15.2 Å². The molecule has 0 atom stereocenters. The monoisotopic (exact) mass is 327 g/mol. The number of carbonyl (C=O) groups is 1. The van der Waals surface area contributed by atoms with E-state index < -0.39 is 5.97 Å². The Morgan fingerprint density at radius 1 is 0.792 bits per heavy atom. The van der Waals surface area contributed by atoms with Gasteiger partial charge in [-0.2, -0.15) is 0 Å². The molecule has 2 aromatic rings. The van der Waals surface area contributed by atoms with Gasteiger partial charge in [-0.25, -0.2) is 0 Å². The summed E-state index contributed by atoms with van der Waals surface area (Å²) in [5, 5.41) is 12.1. The number of benzene rings is 2. The number of carbonyl (C=O) groups excluding carboxylic acids is 1. The van der Waals surface area contributed by atoms with E-state index in [4.69, 9.17) is 0 Å². The molecular weight excluding hydrogens is 298 g/mol. The molecule has 2 rings (SSSR count). The van der Waals surface area contributed by atoms with E-state index in [9.17, 15) is 9.90 Å². The van der Waals surface area contributed by atoms with Crippen LogP contribution < -0.4 is 10.4 Å². The lowest BCUT2D eigenvalue weighted by atomic mass is 10.1. The van der Waals surface area contributed by atoms with Crippen molar-refractivity contribution >= 4 is 17.3 Å². The molecule has 0 aliphatic carbocycles. The number of hydrogen-bond acceptors (Lipinski definition) is 2. The first-order chi connectivity index (χ1) is 11.7. The molecule has 24 heavy (non-hydrogen) atoms. The number of nitrogens with two attached hydrogens (primary N) is 1. The van der Waals surface area contributed by atoms with Crippen LogP contribution in [0.25, 0.3) is 0 Å². The number of para-hydroxylation sites is 2. The normalized spacial score (nSPS) is 9.88. The van der Waals surface area contributed by atoms with Gasteiger partial charge < -0.3 is 9.90 Å². The van der Waals surface area contributed by atoms with Gasteiger partial charge in [0.1, 0.15) is 11.4 Å². The van der Waals surface area contributed by atoms with Crippen LogP contribution in [0.4, 0.5) is 11.4 Å². The molecule has 0 amide bonds. The molecule has 0 unspecified atom stereocenters. The summed E-state index contributed by atoms with van der Waals surface area (Å²) in [5.41, 5.74) is 2.49. The van der Waals surface area contributed by atoms with Gasteiger partial charge in [0.05, 0.1) is 0 Å².